The molecular formula is C38H41N2O10P. The van der Waals surface area contributed by atoms with Gasteiger partial charge in [-0.05, 0) is 102 Å². The fraction of sp³-hybridized carbons (Fsp3) is 0.289. The van der Waals surface area contributed by atoms with Crippen LogP contribution in [0.2, 0.25) is 0 Å². The Balaban J connectivity index is 1.18. The molecule has 4 aromatic rings. The van der Waals surface area contributed by atoms with Gasteiger partial charge in [0.05, 0.1) is 6.61 Å². The Bertz CT molecular complexity index is 1920. The molecule has 4 N–H and O–H groups in total. The molecule has 12 nitrogen and oxygen atoms in total. The van der Waals surface area contributed by atoms with Gasteiger partial charge in [0.2, 0.25) is 5.91 Å². The van der Waals surface area contributed by atoms with Crippen LogP contribution in [0.1, 0.15) is 47.1 Å². The molecule has 1 heterocycles. The van der Waals surface area contributed by atoms with E-state index in [1.165, 1.54) is 24.3 Å². The molecule has 1 atom stereocenters. The van der Waals surface area contributed by atoms with Gasteiger partial charge < -0.3 is 29.3 Å². The average Bonchev–Trinajstić information content (AvgIpc) is 3.10. The van der Waals surface area contributed by atoms with E-state index in [4.69, 9.17) is 19.3 Å². The number of phosphoric ester groups is 1. The molecule has 0 saturated carbocycles. The third-order valence-electron chi connectivity index (χ3n) is 8.68. The van der Waals surface area contributed by atoms with E-state index in [1.807, 2.05) is 73.3 Å². The zero-order valence-electron chi connectivity index (χ0n) is 28.4. The van der Waals surface area contributed by atoms with Crippen molar-refractivity contribution < 1.29 is 47.8 Å². The Labute approximate surface area is 296 Å². The van der Waals surface area contributed by atoms with Gasteiger partial charge in [-0.25, -0.2) is 14.2 Å². The van der Waals surface area contributed by atoms with Crippen LogP contribution in [0.5, 0.6) is 11.5 Å². The normalized spacial score (nSPS) is 13.1. The number of phosphoric acid groups is 1. The number of nitrogens with zero attached hydrogens (tertiary/aromatic N) is 1. The van der Waals surface area contributed by atoms with E-state index < -0.39 is 25.9 Å². The third kappa shape index (κ3) is 10.2. The zero-order valence-corrected chi connectivity index (χ0v) is 29.3. The minimum Gasteiger partial charge on any atom is -0.493 e. The number of ether oxygens (including phenoxy) is 2. The number of carboxylic acids is 1. The highest BCUT2D eigenvalue weighted by Gasteiger charge is 2.25. The lowest BCUT2D eigenvalue weighted by Crippen LogP contribution is -2.42. The number of benzene rings is 4. The maximum atomic E-state index is 13.4. The number of carbonyl (C=O) groups excluding carboxylic acids is 2. The standard InChI is InChI=1S/C38H41N2O10P/c1-25-8-3-14-35(26(25)2)48-21-7-15-36(41)40-20-6-12-32-31(11-5-13-34(32)40)29-10-4-9-28(22-29)24-49-38(44)39-33(37(42)43)23-27-16-18-30(19-17-27)50-51(45,46)47/h3-5,8-11,13-14,16-19,22,33H,6-7,12,15,20-21,23-24H2,1-2H3,(H,39,44)(H,42,43)(H2,45,46,47)/t33-/m0/s1. The van der Waals surface area contributed by atoms with Crippen molar-refractivity contribution in [3.05, 3.63) is 113 Å². The quantitative estimate of drug-likeness (QED) is 0.0834. The van der Waals surface area contributed by atoms with Crippen LogP contribution in [-0.4, -0.2) is 52.1 Å². The largest absolute Gasteiger partial charge is 0.524 e. The molecule has 0 unspecified atom stereocenters. The molecule has 0 spiro atoms. The van der Waals surface area contributed by atoms with Gasteiger partial charge in [-0.15, -0.1) is 0 Å². The summed E-state index contributed by atoms with van der Waals surface area (Å²) in [7, 11) is -4.73. The summed E-state index contributed by atoms with van der Waals surface area (Å²) in [6.07, 6.45) is 1.59. The van der Waals surface area contributed by atoms with Crippen molar-refractivity contribution in [1.29, 1.82) is 0 Å². The van der Waals surface area contributed by atoms with Crippen molar-refractivity contribution in [2.45, 2.75) is 58.6 Å². The van der Waals surface area contributed by atoms with Crippen molar-refractivity contribution in [1.82, 2.24) is 5.32 Å². The Morgan fingerprint density at radius 2 is 1.69 bits per heavy atom. The predicted molar refractivity (Wildman–Crippen MR) is 191 cm³/mol. The van der Waals surface area contributed by atoms with Crippen LogP contribution < -0.4 is 19.5 Å². The number of nitrogens with one attached hydrogen (secondary N) is 1. The van der Waals surface area contributed by atoms with Crippen LogP contribution >= 0.6 is 7.82 Å². The molecule has 0 fully saturated rings. The molecule has 1 aliphatic rings. The number of carbonyl (C=O) groups is 3. The number of hydrogen-bond acceptors (Lipinski definition) is 7. The number of anilines is 1. The summed E-state index contributed by atoms with van der Waals surface area (Å²) < 4.78 is 26.9. The Morgan fingerprint density at radius 3 is 2.43 bits per heavy atom. The second kappa shape index (κ2) is 16.7. The minimum atomic E-state index is -4.73. The number of alkyl carbamates (subject to hydrolysis) is 1. The highest BCUT2D eigenvalue weighted by molar-refractivity contribution is 7.46. The van der Waals surface area contributed by atoms with Crippen LogP contribution in [0.3, 0.4) is 0 Å². The molecule has 0 saturated heterocycles. The van der Waals surface area contributed by atoms with E-state index in [-0.39, 0.29) is 24.7 Å². The van der Waals surface area contributed by atoms with Gasteiger partial charge in [0.1, 0.15) is 24.1 Å². The summed E-state index contributed by atoms with van der Waals surface area (Å²) in [5.74, 6) is -0.471. The van der Waals surface area contributed by atoms with Crippen molar-refractivity contribution in [2.24, 2.45) is 0 Å². The lowest BCUT2D eigenvalue weighted by atomic mass is 9.91. The lowest BCUT2D eigenvalue weighted by molar-refractivity contribution is -0.139. The fourth-order valence-corrected chi connectivity index (χ4v) is 6.39. The summed E-state index contributed by atoms with van der Waals surface area (Å²) in [6, 6.07) is 23.6. The molecule has 0 aliphatic carbocycles. The van der Waals surface area contributed by atoms with Gasteiger partial charge in [0, 0.05) is 25.1 Å². The number of rotatable bonds is 14. The van der Waals surface area contributed by atoms with Crippen LogP contribution in [-0.2, 0) is 38.3 Å². The summed E-state index contributed by atoms with van der Waals surface area (Å²) in [5.41, 5.74) is 7.30. The van der Waals surface area contributed by atoms with Gasteiger partial charge in [0.25, 0.3) is 0 Å². The van der Waals surface area contributed by atoms with Crippen LogP contribution in [0.4, 0.5) is 10.5 Å². The van der Waals surface area contributed by atoms with Crippen LogP contribution in [0.25, 0.3) is 11.1 Å². The fourth-order valence-electron chi connectivity index (χ4n) is 6.00. The molecule has 0 radical (unpaired) electrons. The highest BCUT2D eigenvalue weighted by atomic mass is 31.2. The van der Waals surface area contributed by atoms with E-state index in [0.717, 1.165) is 52.1 Å². The van der Waals surface area contributed by atoms with Gasteiger partial charge in [-0.3, -0.25) is 14.6 Å². The molecular weight excluding hydrogens is 675 g/mol. The summed E-state index contributed by atoms with van der Waals surface area (Å²) in [6.45, 7) is 5.06. The number of aryl methyl sites for hydroxylation is 1. The maximum absolute atomic E-state index is 13.4. The SMILES string of the molecule is Cc1cccc(OCCCC(=O)N2CCCc3c(-c4cccc(COC(=O)N[C@@H](Cc5ccc(OP(=O)(O)O)cc5)C(=O)O)c4)cccc32)c1C. The summed E-state index contributed by atoms with van der Waals surface area (Å²) >= 11 is 0. The predicted octanol–water partition coefficient (Wildman–Crippen LogP) is 6.50. The number of amides is 2. The zero-order chi connectivity index (χ0) is 36.5. The number of fused-ring (bicyclic) bond motifs is 1. The average molecular weight is 717 g/mol. The first kappa shape index (κ1) is 37.1. The highest BCUT2D eigenvalue weighted by Crippen LogP contribution is 2.38. The topological polar surface area (TPSA) is 172 Å². The molecule has 268 valence electrons. The molecule has 13 heteroatoms. The second-order valence-corrected chi connectivity index (χ2v) is 13.5. The van der Waals surface area contributed by atoms with Crippen LogP contribution in [0.15, 0.2) is 84.9 Å². The molecule has 0 bridgehead atoms. The first-order valence-electron chi connectivity index (χ1n) is 16.6. The van der Waals surface area contributed by atoms with Crippen LogP contribution in [0, 0.1) is 13.8 Å². The Kier molecular flexibility index (Phi) is 12.1. The first-order chi connectivity index (χ1) is 24.4. The van der Waals surface area contributed by atoms with E-state index in [2.05, 4.69) is 9.84 Å². The lowest BCUT2D eigenvalue weighted by Gasteiger charge is -2.31. The molecule has 0 aromatic heterocycles. The second-order valence-electron chi connectivity index (χ2n) is 12.3. The smallest absolute Gasteiger partial charge is 0.493 e. The van der Waals surface area contributed by atoms with Crippen molar-refractivity contribution >= 4 is 31.5 Å². The molecule has 1 aliphatic heterocycles. The third-order valence-corrected chi connectivity index (χ3v) is 9.13. The Hall–Kier alpha value is -5.16. The monoisotopic (exact) mass is 716 g/mol. The molecule has 4 aromatic carbocycles. The van der Waals surface area contributed by atoms with Gasteiger partial charge in [-0.1, -0.05) is 54.6 Å². The van der Waals surface area contributed by atoms with E-state index in [1.54, 1.807) is 6.07 Å². The van der Waals surface area contributed by atoms with Crippen molar-refractivity contribution in [3.8, 4) is 22.6 Å². The first-order valence-corrected chi connectivity index (χ1v) is 18.1. The number of carboxylic acid groups (broad SMARTS) is 1. The molecule has 5 rings (SSSR count). The maximum Gasteiger partial charge on any atom is 0.524 e. The van der Waals surface area contributed by atoms with E-state index >= 15 is 0 Å². The van der Waals surface area contributed by atoms with Crippen molar-refractivity contribution in [3.63, 3.8) is 0 Å². The van der Waals surface area contributed by atoms with Gasteiger partial charge in [0.15, 0.2) is 0 Å². The van der Waals surface area contributed by atoms with Crippen molar-refractivity contribution in [2.75, 3.05) is 18.1 Å². The summed E-state index contributed by atoms with van der Waals surface area (Å²) in [5, 5.41) is 12.0. The minimum absolute atomic E-state index is 0.0522. The van der Waals surface area contributed by atoms with Gasteiger partial charge in [-0.2, -0.15) is 0 Å². The van der Waals surface area contributed by atoms with E-state index in [9.17, 15) is 24.1 Å². The molecule has 51 heavy (non-hydrogen) atoms. The number of aliphatic carboxylic acids is 1. The van der Waals surface area contributed by atoms with Gasteiger partial charge >= 0.3 is 19.9 Å². The Morgan fingerprint density at radius 1 is 0.941 bits per heavy atom. The molecule has 2 amide bonds. The number of hydrogen-bond donors (Lipinski definition) is 4. The summed E-state index contributed by atoms with van der Waals surface area (Å²) in [4.78, 5) is 57.6. The van der Waals surface area contributed by atoms with E-state index in [0.29, 0.717) is 37.1 Å².